The van der Waals surface area contributed by atoms with E-state index in [9.17, 15) is 4.39 Å². The van der Waals surface area contributed by atoms with E-state index in [1.807, 2.05) is 12.1 Å². The molecular weight excluding hydrogens is 363 g/mol. The summed E-state index contributed by atoms with van der Waals surface area (Å²) in [6.45, 7) is 5.67. The fourth-order valence-corrected chi connectivity index (χ4v) is 5.48. The monoisotopic (exact) mass is 394 g/mol. The van der Waals surface area contributed by atoms with Gasteiger partial charge in [0.1, 0.15) is 5.82 Å². The number of halogens is 1. The van der Waals surface area contributed by atoms with Crippen LogP contribution in [0.1, 0.15) is 36.4 Å². The first kappa shape index (κ1) is 19.2. The molecule has 2 aromatic rings. The van der Waals surface area contributed by atoms with Crippen LogP contribution in [0.15, 0.2) is 54.6 Å². The third-order valence-electron chi connectivity index (χ3n) is 7.07. The maximum Gasteiger partial charge on any atom is 0.123 e. The van der Waals surface area contributed by atoms with Crippen molar-refractivity contribution >= 4 is 0 Å². The van der Waals surface area contributed by atoms with E-state index in [-0.39, 0.29) is 11.9 Å². The molecule has 3 saturated heterocycles. The number of benzene rings is 2. The highest BCUT2D eigenvalue weighted by molar-refractivity contribution is 5.23. The molecule has 0 radical (unpaired) electrons. The average Bonchev–Trinajstić information content (AvgIpc) is 3.18. The molecule has 0 bridgehead atoms. The van der Waals surface area contributed by atoms with Gasteiger partial charge in [0.2, 0.25) is 0 Å². The number of nitrogens with one attached hydrogen (secondary N) is 2. The maximum absolute atomic E-state index is 13.7. The average molecular weight is 395 g/mol. The van der Waals surface area contributed by atoms with Gasteiger partial charge in [0.15, 0.2) is 0 Å². The predicted molar refractivity (Wildman–Crippen MR) is 114 cm³/mol. The van der Waals surface area contributed by atoms with E-state index in [4.69, 9.17) is 0 Å². The number of fused-ring (bicyclic) bond motifs is 1. The molecule has 154 valence electrons. The molecule has 3 fully saturated rings. The van der Waals surface area contributed by atoms with Crippen molar-refractivity contribution in [3.8, 4) is 0 Å². The van der Waals surface area contributed by atoms with Gasteiger partial charge >= 0.3 is 0 Å². The molecule has 3 aliphatic rings. The second kappa shape index (κ2) is 8.52. The summed E-state index contributed by atoms with van der Waals surface area (Å²) in [4.78, 5) is 5.30. The summed E-state index contributed by atoms with van der Waals surface area (Å²) in [6, 6.07) is 19.2. The Kier molecular flexibility index (Phi) is 5.64. The smallest absolute Gasteiger partial charge is 0.123 e. The summed E-state index contributed by atoms with van der Waals surface area (Å²) in [7, 11) is 0. The summed E-state index contributed by atoms with van der Waals surface area (Å²) in [5.41, 5.74) is 9.40. The third-order valence-corrected chi connectivity index (χ3v) is 7.07. The number of hydrogen-bond donors (Lipinski definition) is 2. The summed E-state index contributed by atoms with van der Waals surface area (Å²) in [5, 5.41) is 0. The zero-order valence-electron chi connectivity index (χ0n) is 16.9. The van der Waals surface area contributed by atoms with Gasteiger partial charge in [-0.2, -0.15) is 0 Å². The summed E-state index contributed by atoms with van der Waals surface area (Å²) in [6.07, 6.45) is 3.65. The summed E-state index contributed by atoms with van der Waals surface area (Å²) in [5.74, 6) is 0.346. The largest absolute Gasteiger partial charge is 0.300 e. The lowest BCUT2D eigenvalue weighted by Crippen LogP contribution is -2.52. The van der Waals surface area contributed by atoms with Gasteiger partial charge in [0, 0.05) is 31.1 Å². The van der Waals surface area contributed by atoms with E-state index in [0.29, 0.717) is 18.0 Å². The SMILES string of the molecule is Fc1cccc(C2NNC3CCN(C4CCN(Cc5ccccc5)CC4)CC32)c1. The quantitative estimate of drug-likeness (QED) is 0.833. The van der Waals surface area contributed by atoms with Crippen LogP contribution in [0.3, 0.4) is 0 Å². The molecular formula is C24H31FN4. The van der Waals surface area contributed by atoms with E-state index in [0.717, 1.165) is 31.6 Å². The number of rotatable bonds is 4. The minimum Gasteiger partial charge on any atom is -0.300 e. The van der Waals surface area contributed by atoms with Crippen LogP contribution >= 0.6 is 0 Å². The molecule has 5 rings (SSSR count). The Bertz CT molecular complexity index is 806. The van der Waals surface area contributed by atoms with Gasteiger partial charge in [-0.05, 0) is 62.2 Å². The van der Waals surface area contributed by atoms with Crippen molar-refractivity contribution in [1.82, 2.24) is 20.7 Å². The molecule has 3 atom stereocenters. The van der Waals surface area contributed by atoms with Crippen LogP contribution in [0, 0.1) is 11.7 Å². The number of hydrogen-bond acceptors (Lipinski definition) is 4. The summed E-state index contributed by atoms with van der Waals surface area (Å²) >= 11 is 0. The highest BCUT2D eigenvalue weighted by Gasteiger charge is 2.42. The van der Waals surface area contributed by atoms with Crippen LogP contribution in [0.2, 0.25) is 0 Å². The lowest BCUT2D eigenvalue weighted by Gasteiger charge is -2.44. The molecule has 0 aliphatic carbocycles. The third kappa shape index (κ3) is 4.24. The Morgan fingerprint density at radius 2 is 1.72 bits per heavy atom. The van der Waals surface area contributed by atoms with Gasteiger partial charge in [-0.25, -0.2) is 9.82 Å². The molecule has 5 heteroatoms. The molecule has 3 aliphatic heterocycles. The van der Waals surface area contributed by atoms with Crippen molar-refractivity contribution in [3.05, 3.63) is 71.5 Å². The summed E-state index contributed by atoms with van der Waals surface area (Å²) < 4.78 is 13.7. The molecule has 0 spiro atoms. The van der Waals surface area contributed by atoms with Crippen molar-refractivity contribution in [2.75, 3.05) is 26.2 Å². The van der Waals surface area contributed by atoms with Crippen LogP contribution in [-0.2, 0) is 6.54 Å². The lowest BCUT2D eigenvalue weighted by molar-refractivity contribution is 0.0618. The Morgan fingerprint density at radius 3 is 2.52 bits per heavy atom. The Balaban J connectivity index is 1.19. The zero-order valence-corrected chi connectivity index (χ0v) is 16.9. The minimum absolute atomic E-state index is 0.147. The molecule has 3 heterocycles. The first-order valence-electron chi connectivity index (χ1n) is 11.0. The van der Waals surface area contributed by atoms with E-state index in [1.54, 1.807) is 6.07 Å². The van der Waals surface area contributed by atoms with E-state index >= 15 is 0 Å². The van der Waals surface area contributed by atoms with Crippen LogP contribution in [0.25, 0.3) is 0 Å². The molecule has 2 N–H and O–H groups in total. The molecule has 3 unspecified atom stereocenters. The molecule has 0 saturated carbocycles. The molecule has 29 heavy (non-hydrogen) atoms. The van der Waals surface area contributed by atoms with Crippen LogP contribution in [0.4, 0.5) is 4.39 Å². The van der Waals surface area contributed by atoms with Gasteiger partial charge in [-0.1, -0.05) is 42.5 Å². The molecule has 4 nitrogen and oxygen atoms in total. The van der Waals surface area contributed by atoms with Crippen LogP contribution < -0.4 is 10.9 Å². The molecule has 0 aromatic heterocycles. The van der Waals surface area contributed by atoms with Gasteiger partial charge in [0.25, 0.3) is 0 Å². The Labute approximate surface area is 173 Å². The van der Waals surface area contributed by atoms with Crippen molar-refractivity contribution in [2.24, 2.45) is 5.92 Å². The highest BCUT2D eigenvalue weighted by Crippen LogP contribution is 2.35. The number of hydrazine groups is 1. The van der Waals surface area contributed by atoms with E-state index in [1.165, 1.54) is 37.6 Å². The minimum atomic E-state index is -0.147. The zero-order chi connectivity index (χ0) is 19.6. The second-order valence-electron chi connectivity index (χ2n) is 8.87. The standard InChI is InChI=1S/C24H31FN4/c25-20-8-4-7-19(15-20)24-22-17-29(14-11-23(22)26-27-24)21-9-12-28(13-10-21)16-18-5-2-1-3-6-18/h1-8,15,21-24,26-27H,9-14,16-17H2. The highest BCUT2D eigenvalue weighted by atomic mass is 19.1. The number of piperidine rings is 2. The van der Waals surface area contributed by atoms with Gasteiger partial charge < -0.3 is 0 Å². The second-order valence-corrected chi connectivity index (χ2v) is 8.87. The first-order valence-corrected chi connectivity index (χ1v) is 11.0. The van der Waals surface area contributed by atoms with E-state index in [2.05, 4.69) is 51.0 Å². The van der Waals surface area contributed by atoms with Crippen molar-refractivity contribution in [3.63, 3.8) is 0 Å². The van der Waals surface area contributed by atoms with Crippen LogP contribution in [-0.4, -0.2) is 48.1 Å². The van der Waals surface area contributed by atoms with Gasteiger partial charge in [-0.15, -0.1) is 0 Å². The molecule has 2 aromatic carbocycles. The van der Waals surface area contributed by atoms with Crippen molar-refractivity contribution in [1.29, 1.82) is 0 Å². The number of nitrogens with zero attached hydrogens (tertiary/aromatic N) is 2. The van der Waals surface area contributed by atoms with Gasteiger partial charge in [-0.3, -0.25) is 15.2 Å². The maximum atomic E-state index is 13.7. The molecule has 0 amide bonds. The normalized spacial score (nSPS) is 29.1. The predicted octanol–water partition coefficient (Wildman–Crippen LogP) is 3.33. The number of likely N-dealkylation sites (tertiary alicyclic amines) is 2. The van der Waals surface area contributed by atoms with E-state index < -0.39 is 0 Å². The topological polar surface area (TPSA) is 30.5 Å². The fraction of sp³-hybridized carbons (Fsp3) is 0.500. The fourth-order valence-electron chi connectivity index (χ4n) is 5.48. The Hall–Kier alpha value is -1.79. The Morgan fingerprint density at radius 1 is 0.897 bits per heavy atom. The van der Waals surface area contributed by atoms with Gasteiger partial charge in [0.05, 0.1) is 6.04 Å². The first-order chi connectivity index (χ1) is 14.3. The van der Waals surface area contributed by atoms with Crippen molar-refractivity contribution < 1.29 is 4.39 Å². The van der Waals surface area contributed by atoms with Crippen molar-refractivity contribution in [2.45, 2.75) is 43.9 Å². The lowest BCUT2D eigenvalue weighted by atomic mass is 9.84. The van der Waals surface area contributed by atoms with Crippen LogP contribution in [0.5, 0.6) is 0 Å².